The fraction of sp³-hybridized carbons (Fsp3) is 0.765. The zero-order valence-corrected chi connectivity index (χ0v) is 14.1. The first-order valence-electron chi connectivity index (χ1n) is 8.69. The summed E-state index contributed by atoms with van der Waals surface area (Å²) in [5.41, 5.74) is 1.58. The van der Waals surface area contributed by atoms with Crippen LogP contribution in [0, 0.1) is 5.41 Å². The molecule has 6 heteroatoms. The molecule has 1 spiro atoms. The van der Waals surface area contributed by atoms with E-state index in [2.05, 4.69) is 16.2 Å². The van der Waals surface area contributed by atoms with Crippen molar-refractivity contribution in [1.82, 2.24) is 19.6 Å². The number of aromatic nitrogens is 2. The summed E-state index contributed by atoms with van der Waals surface area (Å²) in [4.78, 5) is 16.3. The summed E-state index contributed by atoms with van der Waals surface area (Å²) in [5, 5.41) is 13.4. The average molecular weight is 320 g/mol. The summed E-state index contributed by atoms with van der Waals surface area (Å²) in [6, 6.07) is 0. The van der Waals surface area contributed by atoms with E-state index in [1.807, 2.05) is 22.8 Å². The van der Waals surface area contributed by atoms with Gasteiger partial charge in [0.15, 0.2) is 0 Å². The Balaban J connectivity index is 1.48. The van der Waals surface area contributed by atoms with E-state index in [-0.39, 0.29) is 17.9 Å². The maximum Gasteiger partial charge on any atom is 0.222 e. The Labute approximate surface area is 138 Å². The Morgan fingerprint density at radius 3 is 2.70 bits per heavy atom. The Bertz CT molecular complexity index is 534. The molecule has 128 valence electrons. The third-order valence-electron chi connectivity index (χ3n) is 5.51. The van der Waals surface area contributed by atoms with Crippen molar-refractivity contribution >= 4 is 5.91 Å². The van der Waals surface area contributed by atoms with Gasteiger partial charge in [0.25, 0.3) is 0 Å². The number of piperidine rings is 2. The summed E-state index contributed by atoms with van der Waals surface area (Å²) in [6.45, 7) is 4.71. The second kappa shape index (κ2) is 7.01. The topological polar surface area (TPSA) is 61.6 Å². The molecule has 0 saturated carbocycles. The molecule has 2 fully saturated rings. The van der Waals surface area contributed by atoms with E-state index < -0.39 is 0 Å². The highest BCUT2D eigenvalue weighted by Crippen LogP contribution is 2.40. The van der Waals surface area contributed by atoms with Crippen LogP contribution in [-0.2, 0) is 18.3 Å². The Morgan fingerprint density at radius 1 is 1.26 bits per heavy atom. The predicted octanol–water partition coefficient (Wildman–Crippen LogP) is 0.659. The molecule has 0 aromatic carbocycles. The van der Waals surface area contributed by atoms with Crippen molar-refractivity contribution in [2.24, 2.45) is 12.5 Å². The number of hydrogen-bond acceptors (Lipinski definition) is 4. The summed E-state index contributed by atoms with van der Waals surface area (Å²) in [6.07, 6.45) is 9.08. The van der Waals surface area contributed by atoms with Gasteiger partial charge in [-0.1, -0.05) is 0 Å². The Hall–Kier alpha value is -1.40. The van der Waals surface area contributed by atoms with E-state index >= 15 is 0 Å². The van der Waals surface area contributed by atoms with Crippen LogP contribution < -0.4 is 0 Å². The summed E-state index contributed by atoms with van der Waals surface area (Å²) in [7, 11) is 1.96. The molecule has 1 aromatic heterocycles. The quantitative estimate of drug-likeness (QED) is 0.866. The monoisotopic (exact) mass is 320 g/mol. The fourth-order valence-electron chi connectivity index (χ4n) is 3.97. The molecular formula is C17H28N4O2. The van der Waals surface area contributed by atoms with Crippen molar-refractivity contribution in [3.8, 4) is 0 Å². The lowest BCUT2D eigenvalue weighted by Gasteiger charge is -2.47. The molecule has 2 aliphatic rings. The van der Waals surface area contributed by atoms with E-state index in [1.165, 1.54) is 5.56 Å². The molecule has 3 rings (SSSR count). The molecule has 2 aliphatic heterocycles. The zero-order valence-electron chi connectivity index (χ0n) is 14.1. The van der Waals surface area contributed by atoms with Crippen LogP contribution in [0.1, 0.15) is 31.2 Å². The smallest absolute Gasteiger partial charge is 0.222 e. The molecular weight excluding hydrogens is 292 g/mol. The number of β-amino-alcohol motifs (C(OH)–C–C–N with tert-alkyl or cyclic N) is 1. The molecule has 0 radical (unpaired) electrons. The zero-order chi connectivity index (χ0) is 16.3. The minimum Gasteiger partial charge on any atom is -0.395 e. The van der Waals surface area contributed by atoms with Gasteiger partial charge in [-0.2, -0.15) is 5.10 Å². The number of carbonyl (C=O) groups is 1. The van der Waals surface area contributed by atoms with Crippen molar-refractivity contribution in [2.75, 3.05) is 39.3 Å². The lowest BCUT2D eigenvalue weighted by Crippen LogP contribution is -2.52. The lowest BCUT2D eigenvalue weighted by atomic mass is 9.72. The highest BCUT2D eigenvalue weighted by molar-refractivity contribution is 5.77. The van der Waals surface area contributed by atoms with Gasteiger partial charge >= 0.3 is 0 Å². The Kier molecular flexibility index (Phi) is 5.02. The number of carbonyl (C=O) groups excluding carboxylic acids is 1. The van der Waals surface area contributed by atoms with Gasteiger partial charge in [0.1, 0.15) is 0 Å². The number of aliphatic hydroxyl groups excluding tert-OH is 1. The van der Waals surface area contributed by atoms with Crippen molar-refractivity contribution in [3.63, 3.8) is 0 Å². The maximum absolute atomic E-state index is 11.9. The third-order valence-corrected chi connectivity index (χ3v) is 5.51. The Morgan fingerprint density at radius 2 is 2.04 bits per heavy atom. The van der Waals surface area contributed by atoms with Gasteiger partial charge < -0.3 is 14.9 Å². The molecule has 2 saturated heterocycles. The second-order valence-electron chi connectivity index (χ2n) is 7.15. The maximum atomic E-state index is 11.9. The first kappa shape index (κ1) is 16.5. The van der Waals surface area contributed by atoms with E-state index in [1.54, 1.807) is 0 Å². The van der Waals surface area contributed by atoms with Crippen LogP contribution in [0.3, 0.4) is 0 Å². The molecule has 1 N–H and O–H groups in total. The van der Waals surface area contributed by atoms with Crippen LogP contribution in [0.25, 0.3) is 0 Å². The van der Waals surface area contributed by atoms with Gasteiger partial charge in [0, 0.05) is 39.3 Å². The van der Waals surface area contributed by atoms with E-state index in [0.29, 0.717) is 13.0 Å². The van der Waals surface area contributed by atoms with Crippen molar-refractivity contribution in [1.29, 1.82) is 0 Å². The van der Waals surface area contributed by atoms with Crippen LogP contribution >= 0.6 is 0 Å². The minimum absolute atomic E-state index is 0.0685. The number of rotatable bonds is 5. The van der Waals surface area contributed by atoms with Crippen LogP contribution in [0.2, 0.25) is 0 Å². The molecule has 0 bridgehead atoms. The van der Waals surface area contributed by atoms with Crippen molar-refractivity contribution in [3.05, 3.63) is 18.0 Å². The highest BCUT2D eigenvalue weighted by Gasteiger charge is 2.40. The van der Waals surface area contributed by atoms with Gasteiger partial charge in [-0.25, -0.2) is 0 Å². The molecule has 0 atom stereocenters. The van der Waals surface area contributed by atoms with E-state index in [9.17, 15) is 4.79 Å². The van der Waals surface area contributed by atoms with Crippen LogP contribution in [0.5, 0.6) is 0 Å². The van der Waals surface area contributed by atoms with Crippen LogP contribution in [0.4, 0.5) is 0 Å². The predicted molar refractivity (Wildman–Crippen MR) is 87.9 cm³/mol. The van der Waals surface area contributed by atoms with Crippen LogP contribution in [0.15, 0.2) is 12.4 Å². The number of aliphatic hydroxyl groups is 1. The lowest BCUT2D eigenvalue weighted by molar-refractivity contribution is -0.139. The fourth-order valence-corrected chi connectivity index (χ4v) is 3.97. The van der Waals surface area contributed by atoms with E-state index in [0.717, 1.165) is 51.9 Å². The first-order valence-corrected chi connectivity index (χ1v) is 8.69. The molecule has 3 heterocycles. The normalized spacial score (nSPS) is 22.0. The highest BCUT2D eigenvalue weighted by atomic mass is 16.3. The van der Waals surface area contributed by atoms with Gasteiger partial charge in [0.05, 0.1) is 12.8 Å². The van der Waals surface area contributed by atoms with Gasteiger partial charge in [0.2, 0.25) is 5.91 Å². The van der Waals surface area contributed by atoms with Gasteiger partial charge in [-0.3, -0.25) is 9.48 Å². The number of hydrogen-bond donors (Lipinski definition) is 1. The third kappa shape index (κ3) is 3.93. The molecule has 1 amide bonds. The van der Waals surface area contributed by atoms with Crippen molar-refractivity contribution < 1.29 is 9.90 Å². The van der Waals surface area contributed by atoms with Gasteiger partial charge in [-0.15, -0.1) is 0 Å². The molecule has 0 aliphatic carbocycles. The summed E-state index contributed by atoms with van der Waals surface area (Å²) < 4.78 is 1.86. The number of amides is 1. The standard InChI is InChI=1S/C17H28N4O2/c1-19-13-15(12-18-19)3-7-20-8-5-17(6-9-20)4-2-16(23)21(14-17)10-11-22/h12-13,22H,2-11,14H2,1H3. The average Bonchev–Trinajstić information content (AvgIpc) is 2.97. The number of likely N-dealkylation sites (tertiary alicyclic amines) is 2. The summed E-state index contributed by atoms with van der Waals surface area (Å²) in [5.74, 6) is 0.212. The van der Waals surface area contributed by atoms with Gasteiger partial charge in [-0.05, 0) is 49.8 Å². The SMILES string of the molecule is Cn1cc(CCN2CCC3(CCC(=O)N(CCO)C3)CC2)cn1. The van der Waals surface area contributed by atoms with Crippen LogP contribution in [-0.4, -0.2) is 69.9 Å². The number of aryl methyl sites for hydroxylation is 1. The minimum atomic E-state index is 0.0685. The van der Waals surface area contributed by atoms with E-state index in [4.69, 9.17) is 5.11 Å². The molecule has 6 nitrogen and oxygen atoms in total. The summed E-state index contributed by atoms with van der Waals surface area (Å²) >= 11 is 0. The molecule has 1 aromatic rings. The molecule has 0 unspecified atom stereocenters. The largest absolute Gasteiger partial charge is 0.395 e. The molecule has 23 heavy (non-hydrogen) atoms. The second-order valence-corrected chi connectivity index (χ2v) is 7.15. The van der Waals surface area contributed by atoms with Crippen molar-refractivity contribution in [2.45, 2.75) is 32.1 Å². The number of nitrogens with zero attached hydrogens (tertiary/aromatic N) is 4. The first-order chi connectivity index (χ1) is 11.1.